The minimum atomic E-state index is -0.258. The Hall–Kier alpha value is -1.88. The standard InChI is InChI=1S/C23H35N3O2/c1-2-3-4-5-6-7-10-17-26-20-13-9-8-12-19(20)25-22(26)15-16-24-23(27)21-14-11-18-28-21/h8-9,12-13,21H,2-7,10-11,14-18H2,1H3,(H,24,27). The number of fused-ring (bicyclic) bond motifs is 1. The Morgan fingerprint density at radius 2 is 1.96 bits per heavy atom. The normalized spacial score (nSPS) is 16.7. The molecule has 5 nitrogen and oxygen atoms in total. The molecule has 0 radical (unpaired) electrons. The van der Waals surface area contributed by atoms with Crippen LogP contribution in [0.1, 0.15) is 70.5 Å². The van der Waals surface area contributed by atoms with Crippen molar-refractivity contribution in [2.45, 2.75) is 83.8 Å². The summed E-state index contributed by atoms with van der Waals surface area (Å²) in [4.78, 5) is 17.0. The molecule has 2 heterocycles. The summed E-state index contributed by atoms with van der Waals surface area (Å²) in [5.74, 6) is 1.09. The molecule has 1 aromatic carbocycles. The summed E-state index contributed by atoms with van der Waals surface area (Å²) in [5, 5.41) is 3.02. The minimum Gasteiger partial charge on any atom is -0.368 e. The fourth-order valence-electron chi connectivity index (χ4n) is 3.99. The summed E-state index contributed by atoms with van der Waals surface area (Å²) < 4.78 is 7.80. The third-order valence-electron chi connectivity index (χ3n) is 5.59. The van der Waals surface area contributed by atoms with E-state index in [0.717, 1.165) is 37.1 Å². The van der Waals surface area contributed by atoms with E-state index in [1.165, 1.54) is 50.5 Å². The Kier molecular flexibility index (Phi) is 8.34. The summed E-state index contributed by atoms with van der Waals surface area (Å²) in [6.07, 6.45) is 11.4. The third kappa shape index (κ3) is 5.81. The number of amides is 1. The van der Waals surface area contributed by atoms with Crippen LogP contribution in [0.3, 0.4) is 0 Å². The van der Waals surface area contributed by atoms with Crippen LogP contribution >= 0.6 is 0 Å². The molecule has 0 saturated carbocycles. The molecule has 3 rings (SSSR count). The first-order chi connectivity index (χ1) is 13.8. The quantitative estimate of drug-likeness (QED) is 0.542. The molecule has 1 saturated heterocycles. The smallest absolute Gasteiger partial charge is 0.249 e. The predicted molar refractivity (Wildman–Crippen MR) is 113 cm³/mol. The molecule has 1 fully saturated rings. The first-order valence-electron chi connectivity index (χ1n) is 11.1. The second-order valence-corrected chi connectivity index (χ2v) is 7.83. The van der Waals surface area contributed by atoms with Crippen molar-refractivity contribution in [1.29, 1.82) is 0 Å². The highest BCUT2D eigenvalue weighted by Gasteiger charge is 2.23. The number of unbranched alkanes of at least 4 members (excludes halogenated alkanes) is 6. The number of hydrogen-bond acceptors (Lipinski definition) is 3. The van der Waals surface area contributed by atoms with Gasteiger partial charge in [0.25, 0.3) is 0 Å². The zero-order chi connectivity index (χ0) is 19.6. The van der Waals surface area contributed by atoms with Crippen LogP contribution < -0.4 is 5.32 Å². The van der Waals surface area contributed by atoms with Gasteiger partial charge in [-0.3, -0.25) is 4.79 Å². The largest absolute Gasteiger partial charge is 0.368 e. The molecule has 1 aromatic heterocycles. The second kappa shape index (κ2) is 11.2. The van der Waals surface area contributed by atoms with Gasteiger partial charge in [0.15, 0.2) is 0 Å². The van der Waals surface area contributed by atoms with Crippen LogP contribution in [0.15, 0.2) is 24.3 Å². The molecule has 1 unspecified atom stereocenters. The van der Waals surface area contributed by atoms with Gasteiger partial charge in [0, 0.05) is 26.1 Å². The van der Waals surface area contributed by atoms with Crippen molar-refractivity contribution in [3.63, 3.8) is 0 Å². The molecule has 5 heteroatoms. The Bertz CT molecular complexity index is 735. The molecule has 0 spiro atoms. The number of carbonyl (C=O) groups is 1. The van der Waals surface area contributed by atoms with Crippen molar-refractivity contribution < 1.29 is 9.53 Å². The highest BCUT2D eigenvalue weighted by atomic mass is 16.5. The highest BCUT2D eigenvalue weighted by Crippen LogP contribution is 2.18. The van der Waals surface area contributed by atoms with E-state index in [-0.39, 0.29) is 12.0 Å². The van der Waals surface area contributed by atoms with Crippen LogP contribution in [0.5, 0.6) is 0 Å². The van der Waals surface area contributed by atoms with E-state index < -0.39 is 0 Å². The zero-order valence-electron chi connectivity index (χ0n) is 17.3. The van der Waals surface area contributed by atoms with E-state index in [4.69, 9.17) is 9.72 Å². The molecule has 1 aliphatic rings. The average molecular weight is 386 g/mol. The number of hydrogen-bond donors (Lipinski definition) is 1. The van der Waals surface area contributed by atoms with Crippen LogP contribution in [0, 0.1) is 0 Å². The molecule has 2 aromatic rings. The van der Waals surface area contributed by atoms with E-state index in [1.54, 1.807) is 0 Å². The van der Waals surface area contributed by atoms with E-state index in [0.29, 0.717) is 13.2 Å². The third-order valence-corrected chi connectivity index (χ3v) is 5.59. The first-order valence-corrected chi connectivity index (χ1v) is 11.1. The van der Waals surface area contributed by atoms with Gasteiger partial charge in [-0.25, -0.2) is 4.98 Å². The summed E-state index contributed by atoms with van der Waals surface area (Å²) in [6, 6.07) is 8.34. The Labute approximate surface area is 168 Å². The van der Waals surface area contributed by atoms with Gasteiger partial charge in [0.05, 0.1) is 11.0 Å². The van der Waals surface area contributed by atoms with E-state index in [9.17, 15) is 4.79 Å². The number of benzene rings is 1. The molecule has 28 heavy (non-hydrogen) atoms. The lowest BCUT2D eigenvalue weighted by Gasteiger charge is -2.12. The number of aryl methyl sites for hydroxylation is 1. The Morgan fingerprint density at radius 3 is 2.75 bits per heavy atom. The molecule has 154 valence electrons. The number of nitrogens with one attached hydrogen (secondary N) is 1. The van der Waals surface area contributed by atoms with Gasteiger partial charge in [0.2, 0.25) is 5.91 Å². The van der Waals surface area contributed by atoms with E-state index >= 15 is 0 Å². The maximum Gasteiger partial charge on any atom is 0.249 e. The summed E-state index contributed by atoms with van der Waals surface area (Å²) >= 11 is 0. The number of aromatic nitrogens is 2. The lowest BCUT2D eigenvalue weighted by Crippen LogP contribution is -2.35. The van der Waals surface area contributed by atoms with Crippen LogP contribution in [-0.2, 0) is 22.5 Å². The number of ether oxygens (including phenoxy) is 1. The highest BCUT2D eigenvalue weighted by molar-refractivity contribution is 5.81. The lowest BCUT2D eigenvalue weighted by molar-refractivity contribution is -0.130. The predicted octanol–water partition coefficient (Wildman–Crippen LogP) is 4.62. The number of imidazole rings is 1. The van der Waals surface area contributed by atoms with E-state index in [2.05, 4.69) is 35.0 Å². The van der Waals surface area contributed by atoms with Crippen molar-refractivity contribution in [2.24, 2.45) is 0 Å². The molecular formula is C23H35N3O2. The van der Waals surface area contributed by atoms with Gasteiger partial charge in [-0.2, -0.15) is 0 Å². The van der Waals surface area contributed by atoms with Gasteiger partial charge in [0.1, 0.15) is 11.9 Å². The van der Waals surface area contributed by atoms with Gasteiger partial charge >= 0.3 is 0 Å². The second-order valence-electron chi connectivity index (χ2n) is 7.83. The fourth-order valence-corrected chi connectivity index (χ4v) is 3.99. The maximum absolute atomic E-state index is 12.1. The number of nitrogens with zero attached hydrogens (tertiary/aromatic N) is 2. The molecule has 0 aliphatic carbocycles. The van der Waals surface area contributed by atoms with Crippen molar-refractivity contribution in [2.75, 3.05) is 13.2 Å². The average Bonchev–Trinajstić information content (AvgIpc) is 3.36. The van der Waals surface area contributed by atoms with Crippen LogP contribution in [-0.4, -0.2) is 34.7 Å². The number of para-hydroxylation sites is 2. The fraction of sp³-hybridized carbons (Fsp3) is 0.652. The summed E-state index contributed by atoms with van der Waals surface area (Å²) in [7, 11) is 0. The molecule has 0 bridgehead atoms. The van der Waals surface area contributed by atoms with Gasteiger partial charge < -0.3 is 14.6 Å². The Balaban J connectivity index is 1.52. The van der Waals surface area contributed by atoms with Gasteiger partial charge in [-0.05, 0) is 31.4 Å². The monoisotopic (exact) mass is 385 g/mol. The Morgan fingerprint density at radius 1 is 1.18 bits per heavy atom. The first kappa shape index (κ1) is 20.8. The maximum atomic E-state index is 12.1. The van der Waals surface area contributed by atoms with Crippen molar-refractivity contribution in [3.05, 3.63) is 30.1 Å². The van der Waals surface area contributed by atoms with Gasteiger partial charge in [-0.1, -0.05) is 57.6 Å². The minimum absolute atomic E-state index is 0.0206. The van der Waals surface area contributed by atoms with Crippen LogP contribution in [0.4, 0.5) is 0 Å². The number of carbonyl (C=O) groups excluding carboxylic acids is 1. The lowest BCUT2D eigenvalue weighted by atomic mass is 10.1. The molecule has 1 N–H and O–H groups in total. The van der Waals surface area contributed by atoms with E-state index in [1.807, 2.05) is 6.07 Å². The van der Waals surface area contributed by atoms with Crippen LogP contribution in [0.25, 0.3) is 11.0 Å². The topological polar surface area (TPSA) is 56.2 Å². The van der Waals surface area contributed by atoms with Crippen LogP contribution in [0.2, 0.25) is 0 Å². The SMILES string of the molecule is CCCCCCCCCn1c(CCNC(=O)C2CCCO2)nc2ccccc21. The summed E-state index contributed by atoms with van der Waals surface area (Å²) in [6.45, 7) is 4.57. The zero-order valence-corrected chi connectivity index (χ0v) is 17.3. The molecule has 1 aliphatic heterocycles. The van der Waals surface area contributed by atoms with Gasteiger partial charge in [-0.15, -0.1) is 0 Å². The van der Waals surface area contributed by atoms with Crippen molar-refractivity contribution >= 4 is 16.9 Å². The summed E-state index contributed by atoms with van der Waals surface area (Å²) in [5.41, 5.74) is 2.25. The van der Waals surface area contributed by atoms with Crippen molar-refractivity contribution in [3.8, 4) is 0 Å². The van der Waals surface area contributed by atoms with Crippen molar-refractivity contribution in [1.82, 2.24) is 14.9 Å². The number of rotatable bonds is 12. The molecular weight excluding hydrogens is 350 g/mol. The molecule has 1 atom stereocenters. The molecule has 1 amide bonds.